The Kier molecular flexibility index (Phi) is 2.93. The Bertz CT molecular complexity index is 331. The number of benzene rings is 1. The van der Waals surface area contributed by atoms with Crippen LogP contribution < -0.4 is 5.73 Å². The maximum absolute atomic E-state index is 6.16. The minimum absolute atomic E-state index is 0.206. The standard InChI is InChI=1S/C12H16BrN/c1-8-2-5-10(11(13)6-8)12(14)7-9-3-4-9/h2,5-6,9,12H,3-4,7,14H2,1H3. The molecule has 0 aliphatic heterocycles. The summed E-state index contributed by atoms with van der Waals surface area (Å²) in [5, 5.41) is 0. The van der Waals surface area contributed by atoms with Gasteiger partial charge < -0.3 is 5.73 Å². The van der Waals surface area contributed by atoms with Gasteiger partial charge >= 0.3 is 0 Å². The Balaban J connectivity index is 2.13. The van der Waals surface area contributed by atoms with Crippen molar-refractivity contribution in [3.05, 3.63) is 33.8 Å². The van der Waals surface area contributed by atoms with Gasteiger partial charge in [-0.05, 0) is 36.5 Å². The van der Waals surface area contributed by atoms with E-state index in [-0.39, 0.29) is 6.04 Å². The van der Waals surface area contributed by atoms with E-state index < -0.39 is 0 Å². The maximum atomic E-state index is 6.16. The average Bonchev–Trinajstić information content (AvgIpc) is 2.87. The van der Waals surface area contributed by atoms with Crippen molar-refractivity contribution in [3.8, 4) is 0 Å². The fourth-order valence-electron chi connectivity index (χ4n) is 1.77. The summed E-state index contributed by atoms with van der Waals surface area (Å²) in [5.74, 6) is 0.887. The molecule has 1 saturated carbocycles. The molecule has 0 radical (unpaired) electrons. The zero-order chi connectivity index (χ0) is 10.1. The molecule has 0 bridgehead atoms. The van der Waals surface area contributed by atoms with E-state index >= 15 is 0 Å². The Hall–Kier alpha value is -0.340. The van der Waals surface area contributed by atoms with Crippen molar-refractivity contribution >= 4 is 15.9 Å². The lowest BCUT2D eigenvalue weighted by Crippen LogP contribution is -2.11. The van der Waals surface area contributed by atoms with Crippen LogP contribution in [0.2, 0.25) is 0 Å². The molecule has 0 spiro atoms. The third-order valence-electron chi connectivity index (χ3n) is 2.84. The van der Waals surface area contributed by atoms with Crippen LogP contribution in [0.1, 0.15) is 36.4 Å². The van der Waals surface area contributed by atoms with Gasteiger partial charge in [-0.1, -0.05) is 40.9 Å². The van der Waals surface area contributed by atoms with Gasteiger partial charge in [0, 0.05) is 10.5 Å². The second-order valence-electron chi connectivity index (χ2n) is 4.31. The summed E-state index contributed by atoms with van der Waals surface area (Å²) in [6.45, 7) is 2.10. The lowest BCUT2D eigenvalue weighted by molar-refractivity contribution is 0.595. The maximum Gasteiger partial charge on any atom is 0.0308 e. The fraction of sp³-hybridized carbons (Fsp3) is 0.500. The first-order chi connectivity index (χ1) is 6.66. The Morgan fingerprint density at radius 1 is 1.50 bits per heavy atom. The molecule has 0 heterocycles. The SMILES string of the molecule is Cc1ccc(C(N)CC2CC2)c(Br)c1. The molecular weight excluding hydrogens is 238 g/mol. The van der Waals surface area contributed by atoms with Crippen molar-refractivity contribution in [2.75, 3.05) is 0 Å². The third kappa shape index (κ3) is 2.37. The van der Waals surface area contributed by atoms with Crippen LogP contribution >= 0.6 is 15.9 Å². The van der Waals surface area contributed by atoms with E-state index in [0.29, 0.717) is 0 Å². The molecular formula is C12H16BrN. The summed E-state index contributed by atoms with van der Waals surface area (Å²) in [4.78, 5) is 0. The first kappa shape index (κ1) is 10.2. The van der Waals surface area contributed by atoms with Crippen LogP contribution in [-0.4, -0.2) is 0 Å². The van der Waals surface area contributed by atoms with Gasteiger partial charge in [-0.15, -0.1) is 0 Å². The Labute approximate surface area is 93.8 Å². The Morgan fingerprint density at radius 2 is 2.21 bits per heavy atom. The Morgan fingerprint density at radius 3 is 2.79 bits per heavy atom. The highest BCUT2D eigenvalue weighted by Gasteiger charge is 2.25. The van der Waals surface area contributed by atoms with Crippen molar-refractivity contribution in [1.29, 1.82) is 0 Å². The number of aryl methyl sites for hydroxylation is 1. The second-order valence-corrected chi connectivity index (χ2v) is 5.16. The number of hydrogen-bond donors (Lipinski definition) is 1. The van der Waals surface area contributed by atoms with Gasteiger partial charge in [0.2, 0.25) is 0 Å². The van der Waals surface area contributed by atoms with E-state index in [1.807, 2.05) is 0 Å². The van der Waals surface area contributed by atoms with Crippen LogP contribution in [0.25, 0.3) is 0 Å². The summed E-state index contributed by atoms with van der Waals surface area (Å²) in [5.41, 5.74) is 8.69. The second kappa shape index (κ2) is 4.03. The normalized spacial score (nSPS) is 18.2. The molecule has 0 saturated heterocycles. The lowest BCUT2D eigenvalue weighted by atomic mass is 10.0. The van der Waals surface area contributed by atoms with Crippen molar-refractivity contribution in [3.63, 3.8) is 0 Å². The highest BCUT2D eigenvalue weighted by Crippen LogP contribution is 2.38. The largest absolute Gasteiger partial charge is 0.324 e. The van der Waals surface area contributed by atoms with Crippen molar-refractivity contribution in [2.45, 2.75) is 32.2 Å². The highest BCUT2D eigenvalue weighted by molar-refractivity contribution is 9.10. The van der Waals surface area contributed by atoms with Gasteiger partial charge in [0.05, 0.1) is 0 Å². The van der Waals surface area contributed by atoms with Crippen LogP contribution in [-0.2, 0) is 0 Å². The molecule has 1 unspecified atom stereocenters. The first-order valence-corrected chi connectivity index (χ1v) is 5.98. The van der Waals surface area contributed by atoms with Crippen LogP contribution in [0.15, 0.2) is 22.7 Å². The fourth-order valence-corrected chi connectivity index (χ4v) is 2.56. The molecule has 1 nitrogen and oxygen atoms in total. The molecule has 1 aliphatic rings. The average molecular weight is 254 g/mol. The van der Waals surface area contributed by atoms with Gasteiger partial charge in [-0.3, -0.25) is 0 Å². The summed E-state index contributed by atoms with van der Waals surface area (Å²) in [6.07, 6.45) is 3.88. The summed E-state index contributed by atoms with van der Waals surface area (Å²) >= 11 is 3.58. The molecule has 1 aromatic carbocycles. The quantitative estimate of drug-likeness (QED) is 0.876. The summed E-state index contributed by atoms with van der Waals surface area (Å²) < 4.78 is 1.16. The monoisotopic (exact) mass is 253 g/mol. The number of hydrogen-bond acceptors (Lipinski definition) is 1. The smallest absolute Gasteiger partial charge is 0.0308 e. The lowest BCUT2D eigenvalue weighted by Gasteiger charge is -2.13. The molecule has 14 heavy (non-hydrogen) atoms. The number of nitrogens with two attached hydrogens (primary N) is 1. The molecule has 1 aromatic rings. The van der Waals surface area contributed by atoms with E-state index in [4.69, 9.17) is 5.73 Å². The van der Waals surface area contributed by atoms with Gasteiger partial charge in [0.25, 0.3) is 0 Å². The first-order valence-electron chi connectivity index (χ1n) is 5.18. The molecule has 2 heteroatoms. The van der Waals surface area contributed by atoms with Gasteiger partial charge in [0.1, 0.15) is 0 Å². The van der Waals surface area contributed by atoms with Gasteiger partial charge in [-0.25, -0.2) is 0 Å². The predicted molar refractivity (Wildman–Crippen MR) is 63.1 cm³/mol. The molecule has 1 fully saturated rings. The van der Waals surface area contributed by atoms with Crippen molar-refractivity contribution in [1.82, 2.24) is 0 Å². The topological polar surface area (TPSA) is 26.0 Å². The third-order valence-corrected chi connectivity index (χ3v) is 3.53. The van der Waals surface area contributed by atoms with Crippen LogP contribution in [0.4, 0.5) is 0 Å². The predicted octanol–water partition coefficient (Wildman–Crippen LogP) is 3.56. The number of halogens is 1. The van der Waals surface area contributed by atoms with Crippen molar-refractivity contribution < 1.29 is 0 Å². The molecule has 76 valence electrons. The minimum Gasteiger partial charge on any atom is -0.324 e. The van der Waals surface area contributed by atoms with E-state index in [9.17, 15) is 0 Å². The van der Waals surface area contributed by atoms with Gasteiger partial charge in [-0.2, -0.15) is 0 Å². The number of rotatable bonds is 3. The molecule has 1 aliphatic carbocycles. The van der Waals surface area contributed by atoms with Crippen LogP contribution in [0.3, 0.4) is 0 Å². The molecule has 1 atom stereocenters. The van der Waals surface area contributed by atoms with Crippen LogP contribution in [0, 0.1) is 12.8 Å². The highest BCUT2D eigenvalue weighted by atomic mass is 79.9. The van der Waals surface area contributed by atoms with Gasteiger partial charge in [0.15, 0.2) is 0 Å². The molecule has 2 N–H and O–H groups in total. The van der Waals surface area contributed by atoms with Crippen LogP contribution in [0.5, 0.6) is 0 Å². The van der Waals surface area contributed by atoms with E-state index in [1.54, 1.807) is 0 Å². The summed E-state index contributed by atoms with van der Waals surface area (Å²) in [7, 11) is 0. The van der Waals surface area contributed by atoms with Crippen molar-refractivity contribution in [2.24, 2.45) is 11.7 Å². The molecule has 2 rings (SSSR count). The zero-order valence-electron chi connectivity index (χ0n) is 8.46. The van der Waals surface area contributed by atoms with E-state index in [2.05, 4.69) is 41.1 Å². The van der Waals surface area contributed by atoms with E-state index in [0.717, 1.165) is 16.8 Å². The minimum atomic E-state index is 0.206. The summed E-state index contributed by atoms with van der Waals surface area (Å²) in [6, 6.07) is 6.62. The van der Waals surface area contributed by atoms with E-state index in [1.165, 1.54) is 24.0 Å². The zero-order valence-corrected chi connectivity index (χ0v) is 10.0. The molecule has 0 aromatic heterocycles. The molecule has 0 amide bonds.